The maximum absolute atomic E-state index is 5.45. The lowest BCUT2D eigenvalue weighted by Crippen LogP contribution is -2.45. The van der Waals surface area contributed by atoms with Crippen LogP contribution in [0.2, 0.25) is 0 Å². The molecule has 1 unspecified atom stereocenters. The van der Waals surface area contributed by atoms with E-state index in [1.54, 1.807) is 7.11 Å². The van der Waals surface area contributed by atoms with E-state index in [2.05, 4.69) is 15.3 Å². The Hall–Kier alpha value is -0.850. The molecule has 0 bridgehead atoms. The van der Waals surface area contributed by atoms with Crippen LogP contribution in [0.25, 0.3) is 0 Å². The molecular weight excluding hydrogens is 206 g/mol. The highest BCUT2D eigenvalue weighted by molar-refractivity contribution is 5.79. The predicted octanol–water partition coefficient (Wildman–Crippen LogP) is -0.666. The topological polar surface area (TPSA) is 66.1 Å². The third-order valence-corrected chi connectivity index (χ3v) is 2.12. The second kappa shape index (κ2) is 8.32. The molecule has 6 heteroatoms. The first kappa shape index (κ1) is 15.2. The Balaban J connectivity index is 4.23. The standard InChI is InChI=1S/C10H25N5O/c1-9(8-16-5)12-10(13-11)15(4)7-6-14(2)3/h9H,6-8,11H2,1-5H3,(H,12,13). The van der Waals surface area contributed by atoms with Crippen molar-refractivity contribution in [2.24, 2.45) is 10.8 Å². The van der Waals surface area contributed by atoms with Gasteiger partial charge in [0.2, 0.25) is 5.96 Å². The summed E-state index contributed by atoms with van der Waals surface area (Å²) in [7, 11) is 7.70. The molecule has 0 radical (unpaired) electrons. The number of methoxy groups -OCH3 is 1. The number of nitrogens with one attached hydrogen (secondary N) is 1. The molecule has 16 heavy (non-hydrogen) atoms. The SMILES string of the molecule is COCC(C)N=C(NN)N(C)CCN(C)C. The Labute approximate surface area is 98.4 Å². The molecule has 0 aromatic heterocycles. The first-order chi connectivity index (χ1) is 7.51. The Morgan fingerprint density at radius 3 is 2.44 bits per heavy atom. The van der Waals surface area contributed by atoms with Crippen LogP contribution in [-0.4, -0.2) is 69.8 Å². The summed E-state index contributed by atoms with van der Waals surface area (Å²) in [4.78, 5) is 8.53. The van der Waals surface area contributed by atoms with Crippen molar-refractivity contribution in [1.29, 1.82) is 0 Å². The van der Waals surface area contributed by atoms with Gasteiger partial charge in [-0.05, 0) is 21.0 Å². The van der Waals surface area contributed by atoms with Gasteiger partial charge in [-0.2, -0.15) is 0 Å². The molecule has 1 atom stereocenters. The fourth-order valence-electron chi connectivity index (χ4n) is 1.19. The smallest absolute Gasteiger partial charge is 0.208 e. The van der Waals surface area contributed by atoms with E-state index in [0.717, 1.165) is 13.1 Å². The van der Waals surface area contributed by atoms with Gasteiger partial charge in [-0.1, -0.05) is 0 Å². The van der Waals surface area contributed by atoms with Gasteiger partial charge < -0.3 is 14.5 Å². The minimum Gasteiger partial charge on any atom is -0.382 e. The van der Waals surface area contributed by atoms with E-state index in [-0.39, 0.29) is 6.04 Å². The fraction of sp³-hybridized carbons (Fsp3) is 0.900. The molecule has 0 spiro atoms. The van der Waals surface area contributed by atoms with E-state index < -0.39 is 0 Å². The van der Waals surface area contributed by atoms with Gasteiger partial charge >= 0.3 is 0 Å². The third kappa shape index (κ3) is 6.60. The second-order valence-corrected chi connectivity index (χ2v) is 4.13. The number of likely N-dealkylation sites (N-methyl/N-ethyl adjacent to an activating group) is 2. The van der Waals surface area contributed by atoms with Gasteiger partial charge in [0.15, 0.2) is 0 Å². The van der Waals surface area contributed by atoms with Crippen molar-refractivity contribution in [2.45, 2.75) is 13.0 Å². The number of guanidine groups is 1. The highest BCUT2D eigenvalue weighted by Crippen LogP contribution is 1.93. The van der Waals surface area contributed by atoms with Gasteiger partial charge in [0.1, 0.15) is 0 Å². The maximum atomic E-state index is 5.45. The summed E-state index contributed by atoms with van der Waals surface area (Å²) in [6.45, 7) is 4.40. The molecule has 0 aromatic rings. The molecule has 3 N–H and O–H groups in total. The van der Waals surface area contributed by atoms with Gasteiger partial charge in [-0.15, -0.1) is 0 Å². The number of aliphatic imine (C=N–C) groups is 1. The minimum absolute atomic E-state index is 0.0952. The molecule has 0 saturated heterocycles. The number of hydrazine groups is 1. The van der Waals surface area contributed by atoms with Crippen LogP contribution >= 0.6 is 0 Å². The summed E-state index contributed by atoms with van der Waals surface area (Å²) < 4.78 is 5.02. The van der Waals surface area contributed by atoms with Crippen molar-refractivity contribution in [3.63, 3.8) is 0 Å². The van der Waals surface area contributed by atoms with Crippen LogP contribution in [0.3, 0.4) is 0 Å². The summed E-state index contributed by atoms with van der Waals surface area (Å²) in [5.74, 6) is 6.13. The van der Waals surface area contributed by atoms with E-state index in [4.69, 9.17) is 10.6 Å². The molecule has 0 amide bonds. The summed E-state index contributed by atoms with van der Waals surface area (Å²) in [6, 6.07) is 0.0952. The van der Waals surface area contributed by atoms with E-state index in [0.29, 0.717) is 12.6 Å². The number of hydrogen-bond donors (Lipinski definition) is 2. The van der Waals surface area contributed by atoms with Crippen molar-refractivity contribution in [3.8, 4) is 0 Å². The maximum Gasteiger partial charge on any atom is 0.208 e. The van der Waals surface area contributed by atoms with Gasteiger partial charge in [-0.3, -0.25) is 5.43 Å². The first-order valence-corrected chi connectivity index (χ1v) is 5.40. The number of nitrogens with zero attached hydrogens (tertiary/aromatic N) is 3. The summed E-state index contributed by atoms with van der Waals surface area (Å²) >= 11 is 0. The van der Waals surface area contributed by atoms with E-state index in [1.165, 1.54) is 0 Å². The molecule has 0 aliphatic heterocycles. The first-order valence-electron chi connectivity index (χ1n) is 5.40. The monoisotopic (exact) mass is 231 g/mol. The normalized spacial score (nSPS) is 14.1. The zero-order valence-corrected chi connectivity index (χ0v) is 11.0. The van der Waals surface area contributed by atoms with Gasteiger partial charge in [0.05, 0.1) is 12.6 Å². The van der Waals surface area contributed by atoms with Crippen molar-refractivity contribution in [2.75, 3.05) is 47.9 Å². The summed E-state index contributed by atoms with van der Waals surface area (Å²) in [5.41, 5.74) is 2.62. The number of nitrogens with two attached hydrogens (primary N) is 1. The molecule has 6 nitrogen and oxygen atoms in total. The lowest BCUT2D eigenvalue weighted by Gasteiger charge is -2.23. The van der Waals surface area contributed by atoms with Crippen molar-refractivity contribution in [3.05, 3.63) is 0 Å². The molecule has 0 rings (SSSR count). The molecule has 0 heterocycles. The minimum atomic E-state index is 0.0952. The van der Waals surface area contributed by atoms with Crippen LogP contribution in [0.15, 0.2) is 4.99 Å². The molecule has 96 valence electrons. The number of ether oxygens (including phenoxy) is 1. The molecule has 0 aliphatic rings. The molecule has 0 aliphatic carbocycles. The summed E-state index contributed by atoms with van der Waals surface area (Å²) in [6.07, 6.45) is 0. The molecule has 0 fully saturated rings. The van der Waals surface area contributed by atoms with Gasteiger partial charge in [0, 0.05) is 27.2 Å². The Kier molecular flexibility index (Phi) is 7.88. The highest BCUT2D eigenvalue weighted by atomic mass is 16.5. The fourth-order valence-corrected chi connectivity index (χ4v) is 1.19. The Morgan fingerprint density at radius 2 is 2.00 bits per heavy atom. The van der Waals surface area contributed by atoms with Crippen LogP contribution < -0.4 is 11.3 Å². The largest absolute Gasteiger partial charge is 0.382 e. The van der Waals surface area contributed by atoms with Crippen molar-refractivity contribution in [1.82, 2.24) is 15.2 Å². The molecule has 0 aromatic carbocycles. The van der Waals surface area contributed by atoms with Crippen LogP contribution in [0.4, 0.5) is 0 Å². The van der Waals surface area contributed by atoms with Crippen molar-refractivity contribution < 1.29 is 4.74 Å². The van der Waals surface area contributed by atoms with E-state index in [1.807, 2.05) is 33.0 Å². The van der Waals surface area contributed by atoms with Crippen LogP contribution in [0, 0.1) is 0 Å². The Bertz CT molecular complexity index is 207. The Morgan fingerprint density at radius 1 is 1.38 bits per heavy atom. The number of rotatable bonds is 6. The zero-order chi connectivity index (χ0) is 12.6. The lowest BCUT2D eigenvalue weighted by molar-refractivity contribution is 0.185. The number of hydrogen-bond acceptors (Lipinski definition) is 4. The lowest BCUT2D eigenvalue weighted by atomic mass is 10.4. The quantitative estimate of drug-likeness (QED) is 0.275. The van der Waals surface area contributed by atoms with Crippen LogP contribution in [0.5, 0.6) is 0 Å². The average molecular weight is 231 g/mol. The van der Waals surface area contributed by atoms with Gasteiger partial charge in [0.25, 0.3) is 0 Å². The second-order valence-electron chi connectivity index (χ2n) is 4.13. The van der Waals surface area contributed by atoms with E-state index >= 15 is 0 Å². The average Bonchev–Trinajstić information content (AvgIpc) is 2.22. The molecule has 0 saturated carbocycles. The third-order valence-electron chi connectivity index (χ3n) is 2.12. The zero-order valence-electron chi connectivity index (χ0n) is 11.0. The molecular formula is C10H25N5O. The van der Waals surface area contributed by atoms with Crippen molar-refractivity contribution >= 4 is 5.96 Å². The van der Waals surface area contributed by atoms with E-state index in [9.17, 15) is 0 Å². The summed E-state index contributed by atoms with van der Waals surface area (Å²) in [5, 5.41) is 0. The van der Waals surface area contributed by atoms with Crippen LogP contribution in [0.1, 0.15) is 6.92 Å². The predicted molar refractivity (Wildman–Crippen MR) is 67.3 cm³/mol. The van der Waals surface area contributed by atoms with Gasteiger partial charge in [-0.25, -0.2) is 10.8 Å². The highest BCUT2D eigenvalue weighted by Gasteiger charge is 2.07. The van der Waals surface area contributed by atoms with Crippen LogP contribution in [-0.2, 0) is 4.74 Å².